The normalized spacial score (nSPS) is 23.7. The summed E-state index contributed by atoms with van der Waals surface area (Å²) in [6, 6.07) is 7.95. The Balaban J connectivity index is 1.90. The van der Waals surface area contributed by atoms with Crippen LogP contribution in [0.25, 0.3) is 0 Å². The zero-order valence-corrected chi connectivity index (χ0v) is 10.5. The van der Waals surface area contributed by atoms with E-state index in [1.165, 1.54) is 30.4 Å². The molecule has 3 rings (SSSR count). The Morgan fingerprint density at radius 3 is 2.94 bits per heavy atom. The van der Waals surface area contributed by atoms with Crippen LogP contribution in [0.3, 0.4) is 0 Å². The van der Waals surface area contributed by atoms with Gasteiger partial charge in [0.2, 0.25) is 0 Å². The minimum absolute atomic E-state index is 0.506. The summed E-state index contributed by atoms with van der Waals surface area (Å²) in [5, 5.41) is 3.76. The zero-order valence-electron chi connectivity index (χ0n) is 10.5. The van der Waals surface area contributed by atoms with Crippen molar-refractivity contribution in [3.05, 3.63) is 29.3 Å². The molecule has 1 aliphatic carbocycles. The Kier molecular flexibility index (Phi) is 3.06. The molecule has 2 aliphatic rings. The smallest absolute Gasteiger partial charge is 0.124 e. The van der Waals surface area contributed by atoms with E-state index in [-0.39, 0.29) is 0 Å². The number of fused-ring (bicyclic) bond motifs is 1. The molecule has 1 saturated carbocycles. The van der Waals surface area contributed by atoms with E-state index < -0.39 is 0 Å². The largest absolute Gasteiger partial charge is 0.493 e. The lowest BCUT2D eigenvalue weighted by molar-refractivity contribution is 0.315. The molecule has 1 heterocycles. The number of hydrogen-bond acceptors (Lipinski definition) is 2. The standard InChI is InChI=1S/C15H21NO/c1-2-11-5-8-15-13(10-11)14(4-3-9-17-15)16-12-6-7-12/h5,8,10,12,14,16H,2-4,6-7,9H2,1H3. The summed E-state index contributed by atoms with van der Waals surface area (Å²) >= 11 is 0. The van der Waals surface area contributed by atoms with Gasteiger partial charge in [-0.3, -0.25) is 0 Å². The van der Waals surface area contributed by atoms with Crippen LogP contribution < -0.4 is 10.1 Å². The van der Waals surface area contributed by atoms with Gasteiger partial charge in [0.1, 0.15) is 5.75 Å². The Labute approximate surface area is 103 Å². The lowest BCUT2D eigenvalue weighted by Gasteiger charge is -2.19. The molecule has 0 aromatic heterocycles. The molecular formula is C15H21NO. The number of ether oxygens (including phenoxy) is 1. The number of aryl methyl sites for hydroxylation is 1. The van der Waals surface area contributed by atoms with E-state index in [2.05, 4.69) is 30.4 Å². The molecule has 0 bridgehead atoms. The van der Waals surface area contributed by atoms with Crippen molar-refractivity contribution in [1.29, 1.82) is 0 Å². The first kappa shape index (κ1) is 11.1. The summed E-state index contributed by atoms with van der Waals surface area (Å²) < 4.78 is 5.84. The molecule has 1 aliphatic heterocycles. The predicted octanol–water partition coefficient (Wildman–Crippen LogP) is 3.21. The van der Waals surface area contributed by atoms with E-state index in [9.17, 15) is 0 Å². The van der Waals surface area contributed by atoms with Crippen LogP contribution in [0, 0.1) is 0 Å². The maximum atomic E-state index is 5.84. The van der Waals surface area contributed by atoms with Gasteiger partial charge in [0.15, 0.2) is 0 Å². The van der Waals surface area contributed by atoms with E-state index >= 15 is 0 Å². The van der Waals surface area contributed by atoms with Crippen LogP contribution in [0.5, 0.6) is 5.75 Å². The molecular weight excluding hydrogens is 210 g/mol. The second-order valence-electron chi connectivity index (χ2n) is 5.21. The summed E-state index contributed by atoms with van der Waals surface area (Å²) in [5.74, 6) is 1.10. The Hall–Kier alpha value is -1.02. The third kappa shape index (κ3) is 2.47. The average Bonchev–Trinajstić information content (AvgIpc) is 3.17. The van der Waals surface area contributed by atoms with Gasteiger partial charge in [0.05, 0.1) is 6.61 Å². The topological polar surface area (TPSA) is 21.3 Å². The summed E-state index contributed by atoms with van der Waals surface area (Å²) in [7, 11) is 0. The molecule has 2 heteroatoms. The van der Waals surface area contributed by atoms with Crippen molar-refractivity contribution < 1.29 is 4.74 Å². The predicted molar refractivity (Wildman–Crippen MR) is 69.4 cm³/mol. The highest BCUT2D eigenvalue weighted by atomic mass is 16.5. The maximum absolute atomic E-state index is 5.84. The van der Waals surface area contributed by atoms with Gasteiger partial charge < -0.3 is 10.1 Å². The van der Waals surface area contributed by atoms with Crippen LogP contribution in [0.1, 0.15) is 49.8 Å². The molecule has 2 nitrogen and oxygen atoms in total. The number of benzene rings is 1. The fraction of sp³-hybridized carbons (Fsp3) is 0.600. The highest BCUT2D eigenvalue weighted by Gasteiger charge is 2.27. The molecule has 0 saturated heterocycles. The SMILES string of the molecule is CCc1ccc2c(c1)C(NC1CC1)CCCO2. The number of hydrogen-bond donors (Lipinski definition) is 1. The molecule has 0 amide bonds. The van der Waals surface area contributed by atoms with Crippen molar-refractivity contribution in [1.82, 2.24) is 5.32 Å². The van der Waals surface area contributed by atoms with Gasteiger partial charge in [-0.25, -0.2) is 0 Å². The first-order chi connectivity index (χ1) is 8.36. The third-order valence-electron chi connectivity index (χ3n) is 3.77. The Bertz CT molecular complexity index is 398. The van der Waals surface area contributed by atoms with Gasteiger partial charge in [0, 0.05) is 17.6 Å². The van der Waals surface area contributed by atoms with Crippen LogP contribution >= 0.6 is 0 Å². The van der Waals surface area contributed by atoms with Crippen LogP contribution in [0.15, 0.2) is 18.2 Å². The first-order valence-corrected chi connectivity index (χ1v) is 6.88. The van der Waals surface area contributed by atoms with Crippen molar-refractivity contribution in [2.24, 2.45) is 0 Å². The maximum Gasteiger partial charge on any atom is 0.124 e. The van der Waals surface area contributed by atoms with E-state index in [1.807, 2.05) is 0 Å². The molecule has 17 heavy (non-hydrogen) atoms. The lowest BCUT2D eigenvalue weighted by atomic mass is 9.99. The molecule has 0 radical (unpaired) electrons. The van der Waals surface area contributed by atoms with Crippen molar-refractivity contribution in [3.63, 3.8) is 0 Å². The molecule has 1 N–H and O–H groups in total. The van der Waals surface area contributed by atoms with E-state index in [0.29, 0.717) is 6.04 Å². The van der Waals surface area contributed by atoms with Crippen molar-refractivity contribution in [2.75, 3.05) is 6.61 Å². The Morgan fingerprint density at radius 1 is 1.29 bits per heavy atom. The molecule has 1 atom stereocenters. The minimum Gasteiger partial charge on any atom is -0.493 e. The van der Waals surface area contributed by atoms with Gasteiger partial charge in [-0.05, 0) is 43.7 Å². The van der Waals surface area contributed by atoms with Gasteiger partial charge in [-0.2, -0.15) is 0 Å². The monoisotopic (exact) mass is 231 g/mol. The highest BCUT2D eigenvalue weighted by molar-refractivity contribution is 5.40. The number of rotatable bonds is 3. The third-order valence-corrected chi connectivity index (χ3v) is 3.77. The van der Waals surface area contributed by atoms with Crippen molar-refractivity contribution >= 4 is 0 Å². The van der Waals surface area contributed by atoms with Gasteiger partial charge >= 0.3 is 0 Å². The fourth-order valence-corrected chi connectivity index (χ4v) is 2.55. The van der Waals surface area contributed by atoms with E-state index in [0.717, 1.165) is 31.2 Å². The summed E-state index contributed by atoms with van der Waals surface area (Å²) in [6.45, 7) is 3.07. The first-order valence-electron chi connectivity index (χ1n) is 6.88. The van der Waals surface area contributed by atoms with E-state index in [1.54, 1.807) is 0 Å². The summed E-state index contributed by atoms with van der Waals surface area (Å²) in [5.41, 5.74) is 2.80. The minimum atomic E-state index is 0.506. The molecule has 1 aromatic rings. The zero-order chi connectivity index (χ0) is 11.7. The fourth-order valence-electron chi connectivity index (χ4n) is 2.55. The van der Waals surface area contributed by atoms with Crippen molar-refractivity contribution in [2.45, 2.75) is 51.1 Å². The highest BCUT2D eigenvalue weighted by Crippen LogP contribution is 2.35. The van der Waals surface area contributed by atoms with Gasteiger partial charge in [-0.1, -0.05) is 19.1 Å². The molecule has 0 spiro atoms. The molecule has 1 unspecified atom stereocenters. The Morgan fingerprint density at radius 2 is 2.18 bits per heavy atom. The van der Waals surface area contributed by atoms with Gasteiger partial charge in [0.25, 0.3) is 0 Å². The molecule has 1 aromatic carbocycles. The van der Waals surface area contributed by atoms with Crippen molar-refractivity contribution in [3.8, 4) is 5.75 Å². The lowest BCUT2D eigenvalue weighted by Crippen LogP contribution is -2.23. The molecule has 92 valence electrons. The summed E-state index contributed by atoms with van der Waals surface area (Å²) in [4.78, 5) is 0. The van der Waals surface area contributed by atoms with Gasteiger partial charge in [-0.15, -0.1) is 0 Å². The molecule has 1 fully saturated rings. The van der Waals surface area contributed by atoms with E-state index in [4.69, 9.17) is 4.74 Å². The summed E-state index contributed by atoms with van der Waals surface area (Å²) in [6.07, 6.45) is 6.15. The van der Waals surface area contributed by atoms with Crippen LogP contribution in [-0.2, 0) is 6.42 Å². The van der Waals surface area contributed by atoms with Crippen LogP contribution in [-0.4, -0.2) is 12.6 Å². The second-order valence-corrected chi connectivity index (χ2v) is 5.21. The van der Waals surface area contributed by atoms with Crippen LogP contribution in [0.2, 0.25) is 0 Å². The quantitative estimate of drug-likeness (QED) is 0.862. The van der Waals surface area contributed by atoms with Crippen LogP contribution in [0.4, 0.5) is 0 Å². The second kappa shape index (κ2) is 4.69. The average molecular weight is 231 g/mol. The number of nitrogens with one attached hydrogen (secondary N) is 1.